The first-order chi connectivity index (χ1) is 18.5. The van der Waals surface area contributed by atoms with Gasteiger partial charge in [-0.3, -0.25) is 18.9 Å². The summed E-state index contributed by atoms with van der Waals surface area (Å²) in [5, 5.41) is 9.07. The van der Waals surface area contributed by atoms with Crippen LogP contribution < -0.4 is 11.2 Å². The third kappa shape index (κ3) is 9.17. The van der Waals surface area contributed by atoms with Crippen molar-refractivity contribution in [1.29, 1.82) is 5.26 Å². The molecule has 1 saturated carbocycles. The molecule has 0 amide bonds. The van der Waals surface area contributed by atoms with E-state index in [1.807, 2.05) is 27.7 Å². The fraction of sp³-hybridized carbons (Fsp3) is 0.720. The molecule has 220 valence electrons. The van der Waals surface area contributed by atoms with Crippen LogP contribution in [0.2, 0.25) is 0 Å². The van der Waals surface area contributed by atoms with Gasteiger partial charge >= 0.3 is 13.3 Å². The molecule has 1 heterocycles. The van der Waals surface area contributed by atoms with Gasteiger partial charge in [-0.2, -0.15) is 5.26 Å². The number of H-pyrrole nitrogens is 1. The molecule has 12 nitrogen and oxygen atoms in total. The highest BCUT2D eigenvalue weighted by Crippen LogP contribution is 2.54. The largest absolute Gasteiger partial charge is 0.377 e. The highest BCUT2D eigenvalue weighted by molar-refractivity contribution is 7.57. The van der Waals surface area contributed by atoms with Crippen LogP contribution in [0.1, 0.15) is 60.4 Å². The first-order valence-corrected chi connectivity index (χ1v) is 15.9. The number of ether oxygens (including phenoxy) is 1. The van der Waals surface area contributed by atoms with Crippen molar-refractivity contribution in [3.63, 3.8) is 0 Å². The number of rotatable bonds is 16. The Balaban J connectivity index is 2.56. The van der Waals surface area contributed by atoms with E-state index in [0.717, 1.165) is 0 Å². The molecule has 0 radical (unpaired) electrons. The molecule has 1 aliphatic rings. The zero-order valence-corrected chi connectivity index (χ0v) is 25.6. The van der Waals surface area contributed by atoms with Crippen LogP contribution in [0.25, 0.3) is 0 Å². The molecule has 1 N–H and O–H groups in total. The van der Waals surface area contributed by atoms with Crippen molar-refractivity contribution in [2.24, 2.45) is 5.92 Å². The van der Waals surface area contributed by atoms with Crippen LogP contribution in [0.5, 0.6) is 0 Å². The highest BCUT2D eigenvalue weighted by Gasteiger charge is 2.47. The van der Waals surface area contributed by atoms with Crippen molar-refractivity contribution in [2.75, 3.05) is 26.9 Å². The summed E-state index contributed by atoms with van der Waals surface area (Å²) in [5.41, 5.74) is -1.06. The second-order valence-electron chi connectivity index (χ2n) is 9.52. The van der Waals surface area contributed by atoms with Gasteiger partial charge in [0, 0.05) is 43.2 Å². The van der Waals surface area contributed by atoms with Crippen LogP contribution in [-0.2, 0) is 27.4 Å². The van der Waals surface area contributed by atoms with Crippen molar-refractivity contribution in [2.45, 2.75) is 84.7 Å². The summed E-state index contributed by atoms with van der Waals surface area (Å²) in [6.07, 6.45) is 2.52. The average molecular weight is 589 g/mol. The number of hydrogen-bond acceptors (Lipinski definition) is 10. The van der Waals surface area contributed by atoms with Crippen molar-refractivity contribution in [3.05, 3.63) is 45.0 Å². The van der Waals surface area contributed by atoms with Gasteiger partial charge in [0.1, 0.15) is 12.2 Å². The smallest absolute Gasteiger partial charge is 0.353 e. The maximum atomic E-state index is 13.2. The minimum absolute atomic E-state index is 0.0725. The third-order valence-electron chi connectivity index (χ3n) is 6.13. The lowest BCUT2D eigenvalue weighted by atomic mass is 10.1. The minimum atomic E-state index is -3.51. The molecule has 0 aromatic carbocycles. The standard InChI is InChI=1S/C25H42N4O8P2/c1-8-35-39(32,36-9-2)16-12-20-17-21(28-14-11-22(30)27-25(28)31)24(33-7)23(20)37-38(34-15-10-13-26)29(18(3)4)19(5)6/h11-12,14,16,18-21,23-24H,8-10,15,17H2,1-7H3,(H,27,30,31)/b16-12+/t20-,21+,23+,24-,38?/m0/s1. The number of methoxy groups -OCH3 is 1. The lowest BCUT2D eigenvalue weighted by molar-refractivity contribution is -0.0133. The van der Waals surface area contributed by atoms with E-state index in [9.17, 15) is 14.2 Å². The van der Waals surface area contributed by atoms with Crippen molar-refractivity contribution in [1.82, 2.24) is 14.2 Å². The Morgan fingerprint density at radius 1 is 1.21 bits per heavy atom. The third-order valence-corrected chi connectivity index (χ3v) is 10.0. The molecular weight excluding hydrogens is 546 g/mol. The van der Waals surface area contributed by atoms with Crippen molar-refractivity contribution < 1.29 is 27.4 Å². The van der Waals surface area contributed by atoms with E-state index < -0.39 is 45.6 Å². The van der Waals surface area contributed by atoms with E-state index in [1.54, 1.807) is 19.9 Å². The summed E-state index contributed by atoms with van der Waals surface area (Å²) in [5.74, 6) is 1.06. The van der Waals surface area contributed by atoms with Gasteiger partial charge in [-0.1, -0.05) is 6.08 Å². The summed E-state index contributed by atoms with van der Waals surface area (Å²) < 4.78 is 46.3. The lowest BCUT2D eigenvalue weighted by Crippen LogP contribution is -2.40. The Labute approximate surface area is 231 Å². The number of nitriles is 1. The topological polar surface area (TPSA) is 145 Å². The summed E-state index contributed by atoms with van der Waals surface area (Å²) in [6, 6.07) is 3.02. The van der Waals surface area contributed by atoms with Crippen molar-refractivity contribution in [3.8, 4) is 6.07 Å². The predicted octanol–water partition coefficient (Wildman–Crippen LogP) is 4.55. The van der Waals surface area contributed by atoms with E-state index in [2.05, 4.69) is 15.7 Å². The van der Waals surface area contributed by atoms with Gasteiger partial charge in [-0.25, -0.2) is 9.46 Å². The predicted molar refractivity (Wildman–Crippen MR) is 149 cm³/mol. The van der Waals surface area contributed by atoms with E-state index in [1.165, 1.54) is 29.8 Å². The quantitative estimate of drug-likeness (QED) is 0.216. The molecule has 39 heavy (non-hydrogen) atoms. The molecule has 2 rings (SSSR count). The Kier molecular flexibility index (Phi) is 13.7. The second kappa shape index (κ2) is 15.9. The monoisotopic (exact) mass is 588 g/mol. The minimum Gasteiger partial charge on any atom is -0.377 e. The summed E-state index contributed by atoms with van der Waals surface area (Å²) >= 11 is 0. The van der Waals surface area contributed by atoms with Gasteiger partial charge in [0.05, 0.1) is 38.4 Å². The van der Waals surface area contributed by atoms with Gasteiger partial charge in [0.2, 0.25) is 0 Å². The normalized spacial score (nSPS) is 22.8. The highest BCUT2D eigenvalue weighted by atomic mass is 31.2. The molecule has 14 heteroatoms. The van der Waals surface area contributed by atoms with E-state index in [-0.39, 0.29) is 44.2 Å². The van der Waals surface area contributed by atoms with Crippen LogP contribution in [0.3, 0.4) is 0 Å². The van der Waals surface area contributed by atoms with E-state index in [4.69, 9.17) is 28.1 Å². The number of hydrogen-bond donors (Lipinski definition) is 1. The molecule has 1 aliphatic carbocycles. The Morgan fingerprint density at radius 3 is 2.36 bits per heavy atom. The number of nitrogens with zero attached hydrogens (tertiary/aromatic N) is 3. The van der Waals surface area contributed by atoms with E-state index in [0.29, 0.717) is 6.42 Å². The fourth-order valence-corrected chi connectivity index (χ4v) is 7.87. The molecule has 1 unspecified atom stereocenters. The average Bonchev–Trinajstić information content (AvgIpc) is 3.19. The van der Waals surface area contributed by atoms with Crippen LogP contribution >= 0.6 is 16.1 Å². The zero-order valence-electron chi connectivity index (χ0n) is 23.8. The lowest BCUT2D eigenvalue weighted by Gasteiger charge is -2.38. The first-order valence-electron chi connectivity index (χ1n) is 13.2. The Hall–Kier alpha value is -1.67. The number of aromatic amines is 1. The van der Waals surface area contributed by atoms with Gasteiger partial charge in [-0.05, 0) is 48.0 Å². The first kappa shape index (κ1) is 33.5. The maximum Gasteiger partial charge on any atom is 0.353 e. The van der Waals surface area contributed by atoms with Crippen LogP contribution in [0.15, 0.2) is 33.7 Å². The number of aromatic nitrogens is 2. The summed E-state index contributed by atoms with van der Waals surface area (Å²) in [4.78, 5) is 26.7. The Bertz CT molecular complexity index is 1110. The molecule has 0 bridgehead atoms. The zero-order chi connectivity index (χ0) is 29.2. The molecule has 0 saturated heterocycles. The fourth-order valence-electron chi connectivity index (χ4n) is 4.69. The number of nitrogens with one attached hydrogen (secondary N) is 1. The van der Waals surface area contributed by atoms with Crippen LogP contribution in [-0.4, -0.2) is 65.4 Å². The summed E-state index contributed by atoms with van der Waals surface area (Å²) in [7, 11) is -3.62. The molecule has 1 fully saturated rings. The second-order valence-corrected chi connectivity index (χ2v) is 12.8. The van der Waals surface area contributed by atoms with Gasteiger partial charge in [-0.15, -0.1) is 0 Å². The van der Waals surface area contributed by atoms with Crippen LogP contribution in [0.4, 0.5) is 0 Å². The molecule has 5 atom stereocenters. The maximum absolute atomic E-state index is 13.2. The van der Waals surface area contributed by atoms with Gasteiger partial charge in [0.15, 0.2) is 0 Å². The Morgan fingerprint density at radius 2 is 1.85 bits per heavy atom. The molecular formula is C25H42N4O8P2. The van der Waals surface area contributed by atoms with Gasteiger partial charge < -0.3 is 22.8 Å². The van der Waals surface area contributed by atoms with Gasteiger partial charge in [0.25, 0.3) is 14.1 Å². The molecule has 0 aliphatic heterocycles. The summed E-state index contributed by atoms with van der Waals surface area (Å²) in [6.45, 7) is 12.2. The molecule has 1 aromatic rings. The van der Waals surface area contributed by atoms with E-state index >= 15 is 0 Å². The molecule has 1 aromatic heterocycles. The van der Waals surface area contributed by atoms with Crippen LogP contribution in [0, 0.1) is 17.2 Å². The molecule has 0 spiro atoms. The SMILES string of the molecule is CCOP(=O)(/C=C/[C@H]1C[C@@H](n2ccc(=O)[nH]c2=O)[C@H](OC)[C@@H]1OP(OCCC#N)N(C(C)C)C(C)C)OCC. The van der Waals surface area contributed by atoms with Crippen molar-refractivity contribution >= 4 is 16.1 Å².